The van der Waals surface area contributed by atoms with E-state index in [2.05, 4.69) is 5.32 Å². The summed E-state index contributed by atoms with van der Waals surface area (Å²) in [5.74, 6) is -0.515. The minimum atomic E-state index is -0.603. The van der Waals surface area contributed by atoms with Crippen LogP contribution in [0.3, 0.4) is 0 Å². The third-order valence-corrected chi connectivity index (χ3v) is 4.51. The summed E-state index contributed by atoms with van der Waals surface area (Å²) in [6, 6.07) is 5.66. The molecule has 2 rings (SSSR count). The molecule has 0 spiro atoms. The molecule has 1 heterocycles. The van der Waals surface area contributed by atoms with Crippen LogP contribution in [-0.2, 0) is 9.53 Å². The zero-order valence-electron chi connectivity index (χ0n) is 16.8. The van der Waals surface area contributed by atoms with Gasteiger partial charge in [0.1, 0.15) is 17.5 Å². The largest absolute Gasteiger partial charge is 0.444 e. The number of nitrogens with one attached hydrogen (secondary N) is 1. The number of carbonyl (C=O) groups is 2. The first-order valence-corrected chi connectivity index (χ1v) is 9.27. The molecule has 6 nitrogen and oxygen atoms in total. The molecular weight excluding hydrogens is 349 g/mol. The van der Waals surface area contributed by atoms with E-state index in [9.17, 15) is 14.0 Å². The first-order valence-electron chi connectivity index (χ1n) is 9.27. The van der Waals surface area contributed by atoms with Crippen molar-refractivity contribution in [1.82, 2.24) is 15.1 Å². The van der Waals surface area contributed by atoms with Crippen LogP contribution in [0.5, 0.6) is 0 Å². The van der Waals surface area contributed by atoms with E-state index in [4.69, 9.17) is 4.74 Å². The monoisotopic (exact) mass is 379 g/mol. The number of hydrogen-bond acceptors (Lipinski definition) is 4. The second-order valence-electron chi connectivity index (χ2n) is 8.11. The van der Waals surface area contributed by atoms with Gasteiger partial charge in [0, 0.05) is 13.1 Å². The van der Waals surface area contributed by atoms with Crippen LogP contribution in [0.15, 0.2) is 24.3 Å². The Hall–Kier alpha value is -2.15. The summed E-state index contributed by atoms with van der Waals surface area (Å²) in [6.07, 6.45) is 0.908. The second kappa shape index (κ2) is 8.69. The third kappa shape index (κ3) is 5.92. The number of nitrogens with zero attached hydrogens (tertiary/aromatic N) is 2. The van der Waals surface area contributed by atoms with Gasteiger partial charge in [-0.25, -0.2) is 9.18 Å². The zero-order chi connectivity index (χ0) is 20.2. The fraction of sp³-hybridized carbons (Fsp3) is 0.600. The molecule has 1 N–H and O–H groups in total. The Labute approximate surface area is 160 Å². The molecule has 1 aromatic rings. The highest BCUT2D eigenvalue weighted by Gasteiger charge is 2.36. The quantitative estimate of drug-likeness (QED) is 0.854. The van der Waals surface area contributed by atoms with Crippen LogP contribution in [0.1, 0.15) is 45.2 Å². The summed E-state index contributed by atoms with van der Waals surface area (Å²) in [5.41, 5.74) is 0.185. The molecule has 0 saturated carbocycles. The average molecular weight is 379 g/mol. The second-order valence-corrected chi connectivity index (χ2v) is 8.11. The molecule has 2 amide bonds. The van der Waals surface area contributed by atoms with E-state index in [1.54, 1.807) is 26.8 Å². The molecule has 27 heavy (non-hydrogen) atoms. The molecule has 0 aliphatic carbocycles. The number of amides is 2. The zero-order valence-corrected chi connectivity index (χ0v) is 16.8. The average Bonchev–Trinajstić information content (AvgIpc) is 3.03. The number of carbonyl (C=O) groups excluding carboxylic acids is 2. The lowest BCUT2D eigenvalue weighted by atomic mass is 10.1. The SMILES string of the molecule is CN(C)C(CNC(=O)[C@@H]1CCCN1C(=O)OC(C)(C)C)c1cccc(F)c1. The molecule has 1 aliphatic rings. The van der Waals surface area contributed by atoms with Crippen molar-refractivity contribution in [2.45, 2.75) is 51.3 Å². The maximum atomic E-state index is 13.5. The number of likely N-dealkylation sites (N-methyl/N-ethyl adjacent to an activating group) is 1. The van der Waals surface area contributed by atoms with Gasteiger partial charge >= 0.3 is 6.09 Å². The van der Waals surface area contributed by atoms with Gasteiger partial charge in [0.2, 0.25) is 5.91 Å². The Kier molecular flexibility index (Phi) is 6.81. The Morgan fingerprint density at radius 2 is 2.07 bits per heavy atom. The first-order chi connectivity index (χ1) is 12.6. The number of rotatable bonds is 5. The summed E-state index contributed by atoms with van der Waals surface area (Å²) in [7, 11) is 3.76. The van der Waals surface area contributed by atoms with Gasteiger partial charge in [0.15, 0.2) is 0 Å². The highest BCUT2D eigenvalue weighted by Crippen LogP contribution is 2.22. The van der Waals surface area contributed by atoms with Gasteiger partial charge in [-0.15, -0.1) is 0 Å². The molecule has 2 atom stereocenters. The van der Waals surface area contributed by atoms with Crippen LogP contribution >= 0.6 is 0 Å². The van der Waals surface area contributed by atoms with Crippen molar-refractivity contribution in [3.8, 4) is 0 Å². The van der Waals surface area contributed by atoms with Crippen LogP contribution in [0.4, 0.5) is 9.18 Å². The van der Waals surface area contributed by atoms with E-state index in [1.807, 2.05) is 25.1 Å². The van der Waals surface area contributed by atoms with Crippen molar-refractivity contribution in [2.75, 3.05) is 27.2 Å². The van der Waals surface area contributed by atoms with Crippen molar-refractivity contribution in [2.24, 2.45) is 0 Å². The van der Waals surface area contributed by atoms with E-state index in [1.165, 1.54) is 17.0 Å². The first kappa shape index (κ1) is 21.2. The molecule has 1 fully saturated rings. The van der Waals surface area contributed by atoms with Crippen LogP contribution < -0.4 is 5.32 Å². The van der Waals surface area contributed by atoms with Crippen LogP contribution in [0.2, 0.25) is 0 Å². The van der Waals surface area contributed by atoms with Gasteiger partial charge in [-0.2, -0.15) is 0 Å². The Balaban J connectivity index is 2.01. The molecule has 7 heteroatoms. The van der Waals surface area contributed by atoms with E-state index >= 15 is 0 Å². The normalized spacial score (nSPS) is 18.5. The summed E-state index contributed by atoms with van der Waals surface area (Å²) >= 11 is 0. The Morgan fingerprint density at radius 3 is 2.67 bits per heavy atom. The molecule has 1 saturated heterocycles. The maximum Gasteiger partial charge on any atom is 0.410 e. The highest BCUT2D eigenvalue weighted by molar-refractivity contribution is 5.86. The molecule has 0 bridgehead atoms. The lowest BCUT2D eigenvalue weighted by Crippen LogP contribution is -2.48. The number of likely N-dealkylation sites (tertiary alicyclic amines) is 1. The molecule has 150 valence electrons. The van der Waals surface area contributed by atoms with Crippen molar-refractivity contribution >= 4 is 12.0 Å². The molecule has 1 unspecified atom stereocenters. The van der Waals surface area contributed by atoms with Crippen LogP contribution in [0, 0.1) is 5.82 Å². The topological polar surface area (TPSA) is 61.9 Å². The molecular formula is C20H30FN3O3. The summed E-state index contributed by atoms with van der Waals surface area (Å²) < 4.78 is 19.0. The van der Waals surface area contributed by atoms with Gasteiger partial charge in [0.05, 0.1) is 6.04 Å². The Bertz CT molecular complexity index is 673. The van der Waals surface area contributed by atoms with Crippen molar-refractivity contribution < 1.29 is 18.7 Å². The van der Waals surface area contributed by atoms with Crippen molar-refractivity contribution in [3.05, 3.63) is 35.6 Å². The van der Waals surface area contributed by atoms with Gasteiger partial charge in [-0.3, -0.25) is 9.69 Å². The van der Waals surface area contributed by atoms with E-state index in [0.29, 0.717) is 19.5 Å². The summed E-state index contributed by atoms with van der Waals surface area (Å²) in [6.45, 7) is 6.24. The molecule has 1 aromatic carbocycles. The minimum Gasteiger partial charge on any atom is -0.444 e. The van der Waals surface area contributed by atoms with Crippen molar-refractivity contribution in [1.29, 1.82) is 0 Å². The van der Waals surface area contributed by atoms with Gasteiger partial charge in [-0.05, 0) is 65.4 Å². The standard InChI is InChI=1S/C20H30FN3O3/c1-20(2,3)27-19(26)24-11-7-10-16(24)18(25)22-13-17(23(4)5)14-8-6-9-15(21)12-14/h6,8-9,12,16-17H,7,10-11,13H2,1-5H3,(H,22,25)/t16-,17?/m0/s1. The van der Waals surface area contributed by atoms with E-state index in [0.717, 1.165) is 12.0 Å². The fourth-order valence-corrected chi connectivity index (χ4v) is 3.21. The lowest BCUT2D eigenvalue weighted by molar-refractivity contribution is -0.125. The van der Waals surface area contributed by atoms with E-state index < -0.39 is 17.7 Å². The van der Waals surface area contributed by atoms with Gasteiger partial charge in [-0.1, -0.05) is 12.1 Å². The number of hydrogen-bond donors (Lipinski definition) is 1. The molecule has 0 radical (unpaired) electrons. The highest BCUT2D eigenvalue weighted by atomic mass is 19.1. The third-order valence-electron chi connectivity index (χ3n) is 4.51. The number of ether oxygens (including phenoxy) is 1. The predicted molar refractivity (Wildman–Crippen MR) is 102 cm³/mol. The molecule has 1 aliphatic heterocycles. The smallest absolute Gasteiger partial charge is 0.410 e. The minimum absolute atomic E-state index is 0.166. The Morgan fingerprint density at radius 1 is 1.37 bits per heavy atom. The number of halogens is 1. The fourth-order valence-electron chi connectivity index (χ4n) is 3.21. The summed E-state index contributed by atoms with van der Waals surface area (Å²) in [5, 5.41) is 2.92. The van der Waals surface area contributed by atoms with Gasteiger partial charge in [0.25, 0.3) is 0 Å². The maximum absolute atomic E-state index is 13.5. The number of benzene rings is 1. The van der Waals surface area contributed by atoms with Crippen LogP contribution in [0.25, 0.3) is 0 Å². The van der Waals surface area contributed by atoms with E-state index in [-0.39, 0.29) is 17.8 Å². The predicted octanol–water partition coefficient (Wildman–Crippen LogP) is 2.94. The lowest BCUT2D eigenvalue weighted by Gasteiger charge is -2.29. The molecule has 0 aromatic heterocycles. The van der Waals surface area contributed by atoms with Gasteiger partial charge < -0.3 is 15.0 Å². The van der Waals surface area contributed by atoms with Crippen molar-refractivity contribution in [3.63, 3.8) is 0 Å². The van der Waals surface area contributed by atoms with Crippen LogP contribution in [-0.4, -0.2) is 60.6 Å². The summed E-state index contributed by atoms with van der Waals surface area (Å²) in [4.78, 5) is 28.5.